The number of amides is 1. The average Bonchev–Trinajstić information content (AvgIpc) is 2.72. The molecule has 1 saturated heterocycles. The van der Waals surface area contributed by atoms with E-state index in [1.807, 2.05) is 0 Å². The molecule has 102 valence electrons. The lowest BCUT2D eigenvalue weighted by atomic mass is 10.1. The Morgan fingerprint density at radius 1 is 1.58 bits per heavy atom. The third kappa shape index (κ3) is 2.60. The summed E-state index contributed by atoms with van der Waals surface area (Å²) >= 11 is 8.77. The number of benzene rings is 1. The van der Waals surface area contributed by atoms with E-state index < -0.39 is 11.8 Å². The molecule has 1 N–H and O–H groups in total. The quantitative estimate of drug-likeness (QED) is 0.853. The minimum absolute atomic E-state index is 0.0887. The lowest BCUT2D eigenvalue weighted by molar-refractivity contribution is -0.117. The Labute approximate surface area is 122 Å². The van der Waals surface area contributed by atoms with Crippen LogP contribution < -0.4 is 4.90 Å². The molecule has 0 saturated carbocycles. The van der Waals surface area contributed by atoms with Crippen LogP contribution in [0.4, 0.5) is 10.1 Å². The first-order chi connectivity index (χ1) is 8.95. The minimum atomic E-state index is -1.29. The van der Waals surface area contributed by atoms with E-state index in [1.165, 1.54) is 6.07 Å². The second-order valence-corrected chi connectivity index (χ2v) is 5.45. The number of rotatable bonds is 3. The molecule has 0 aliphatic carbocycles. The summed E-state index contributed by atoms with van der Waals surface area (Å²) < 4.78 is 14.2. The number of anilines is 1. The maximum Gasteiger partial charge on any atom is 0.339 e. The van der Waals surface area contributed by atoms with E-state index in [1.54, 1.807) is 0 Å². The molecule has 1 aromatic rings. The van der Waals surface area contributed by atoms with Gasteiger partial charge in [-0.15, -0.1) is 11.6 Å². The summed E-state index contributed by atoms with van der Waals surface area (Å²) in [6.45, 7) is 0.232. The predicted octanol–water partition coefficient (Wildman–Crippen LogP) is 2.88. The molecule has 0 aromatic heterocycles. The molecule has 7 heteroatoms. The zero-order chi connectivity index (χ0) is 14.2. The number of carboxylic acid groups (broad SMARTS) is 1. The summed E-state index contributed by atoms with van der Waals surface area (Å²) in [6.07, 6.45) is 0.203. The molecule has 1 atom stereocenters. The molecule has 0 bridgehead atoms. The topological polar surface area (TPSA) is 57.6 Å². The highest BCUT2D eigenvalue weighted by molar-refractivity contribution is 9.10. The van der Waals surface area contributed by atoms with Crippen molar-refractivity contribution in [3.8, 4) is 0 Å². The highest BCUT2D eigenvalue weighted by Crippen LogP contribution is 2.34. The van der Waals surface area contributed by atoms with E-state index in [-0.39, 0.29) is 46.4 Å². The summed E-state index contributed by atoms with van der Waals surface area (Å²) in [5, 5.41) is 9.18. The number of carbonyl (C=O) groups excluding carboxylic acids is 1. The van der Waals surface area contributed by atoms with Crippen LogP contribution in [0.2, 0.25) is 0 Å². The monoisotopic (exact) mass is 349 g/mol. The normalized spacial score (nSPS) is 19.0. The van der Waals surface area contributed by atoms with Crippen LogP contribution in [0.3, 0.4) is 0 Å². The molecule has 1 aliphatic rings. The van der Waals surface area contributed by atoms with Crippen LogP contribution in [0.5, 0.6) is 0 Å². The second kappa shape index (κ2) is 5.46. The fourth-order valence-electron chi connectivity index (χ4n) is 2.11. The fourth-order valence-corrected chi connectivity index (χ4v) is 2.81. The number of alkyl halides is 1. The Morgan fingerprint density at radius 3 is 2.79 bits per heavy atom. The van der Waals surface area contributed by atoms with Crippen molar-refractivity contribution in [1.82, 2.24) is 0 Å². The van der Waals surface area contributed by atoms with E-state index in [9.17, 15) is 19.1 Å². The van der Waals surface area contributed by atoms with Crippen molar-refractivity contribution >= 4 is 45.1 Å². The van der Waals surface area contributed by atoms with Gasteiger partial charge in [0.25, 0.3) is 0 Å². The van der Waals surface area contributed by atoms with Gasteiger partial charge in [0.2, 0.25) is 5.91 Å². The molecule has 0 radical (unpaired) electrons. The molecule has 1 aliphatic heterocycles. The van der Waals surface area contributed by atoms with Crippen LogP contribution in [0.25, 0.3) is 0 Å². The summed E-state index contributed by atoms with van der Waals surface area (Å²) in [7, 11) is 0. The number of carboxylic acids is 1. The van der Waals surface area contributed by atoms with Crippen LogP contribution in [-0.4, -0.2) is 29.4 Å². The Kier molecular flexibility index (Phi) is 4.10. The van der Waals surface area contributed by atoms with Gasteiger partial charge in [-0.3, -0.25) is 4.79 Å². The molecule has 2 rings (SSSR count). The van der Waals surface area contributed by atoms with Crippen molar-refractivity contribution < 1.29 is 19.1 Å². The predicted molar refractivity (Wildman–Crippen MR) is 72.2 cm³/mol. The minimum Gasteiger partial charge on any atom is -0.478 e. The first kappa shape index (κ1) is 14.3. The van der Waals surface area contributed by atoms with Crippen molar-refractivity contribution in [2.75, 3.05) is 17.3 Å². The van der Waals surface area contributed by atoms with Gasteiger partial charge in [0.15, 0.2) is 0 Å². The van der Waals surface area contributed by atoms with Crippen molar-refractivity contribution in [3.63, 3.8) is 0 Å². The van der Waals surface area contributed by atoms with Gasteiger partial charge in [-0.2, -0.15) is 0 Å². The first-order valence-electron chi connectivity index (χ1n) is 5.53. The van der Waals surface area contributed by atoms with Gasteiger partial charge in [-0.25, -0.2) is 9.18 Å². The molecule has 1 fully saturated rings. The summed E-state index contributed by atoms with van der Waals surface area (Å²) in [6, 6.07) is 2.44. The number of hydrogen-bond donors (Lipinski definition) is 1. The molecule has 1 amide bonds. The molecule has 1 unspecified atom stereocenters. The maximum absolute atomic E-state index is 13.9. The largest absolute Gasteiger partial charge is 0.478 e. The van der Waals surface area contributed by atoms with Gasteiger partial charge in [0, 0.05) is 23.3 Å². The van der Waals surface area contributed by atoms with E-state index in [4.69, 9.17) is 11.6 Å². The molecule has 0 spiro atoms. The highest BCUT2D eigenvalue weighted by Gasteiger charge is 2.34. The molecular formula is C12H10BrClFNO3. The van der Waals surface area contributed by atoms with Crippen molar-refractivity contribution in [2.45, 2.75) is 6.42 Å². The van der Waals surface area contributed by atoms with E-state index in [0.717, 1.165) is 11.0 Å². The third-order valence-electron chi connectivity index (χ3n) is 2.98. The van der Waals surface area contributed by atoms with Gasteiger partial charge in [-0.05, 0) is 34.0 Å². The van der Waals surface area contributed by atoms with E-state index >= 15 is 0 Å². The van der Waals surface area contributed by atoms with Gasteiger partial charge >= 0.3 is 5.97 Å². The zero-order valence-electron chi connectivity index (χ0n) is 9.70. The number of halogens is 3. The lowest BCUT2D eigenvalue weighted by Gasteiger charge is -2.20. The number of nitrogens with zero attached hydrogens (tertiary/aromatic N) is 1. The van der Waals surface area contributed by atoms with Gasteiger partial charge in [0.05, 0.1) is 5.69 Å². The van der Waals surface area contributed by atoms with Crippen LogP contribution in [0, 0.1) is 11.7 Å². The zero-order valence-corrected chi connectivity index (χ0v) is 12.0. The van der Waals surface area contributed by atoms with Crippen LogP contribution in [-0.2, 0) is 4.79 Å². The maximum atomic E-state index is 13.9. The average molecular weight is 351 g/mol. The molecular weight excluding hydrogens is 340 g/mol. The Bertz CT molecular complexity index is 552. The van der Waals surface area contributed by atoms with Crippen LogP contribution in [0.15, 0.2) is 16.6 Å². The number of carbonyl (C=O) groups is 2. The summed E-state index contributed by atoms with van der Waals surface area (Å²) in [5.74, 6) is -2.15. The SMILES string of the molecule is O=C(O)c1c(Br)ccc(F)c1N1CC(CCl)CC1=O. The van der Waals surface area contributed by atoms with E-state index in [0.29, 0.717) is 0 Å². The highest BCUT2D eigenvalue weighted by atomic mass is 79.9. The first-order valence-corrected chi connectivity index (χ1v) is 6.86. The fraction of sp³-hybridized carbons (Fsp3) is 0.333. The standard InChI is InChI=1S/C12H10BrClFNO3/c13-7-1-2-8(15)11(10(7)12(18)19)16-5-6(4-14)3-9(16)17/h1-2,6H,3-5H2,(H,18,19). The van der Waals surface area contributed by atoms with Crippen molar-refractivity contribution in [3.05, 3.63) is 28.0 Å². The third-order valence-corrected chi connectivity index (χ3v) is 4.08. The Balaban J connectivity index is 2.53. The van der Waals surface area contributed by atoms with Gasteiger partial charge in [-0.1, -0.05) is 0 Å². The van der Waals surface area contributed by atoms with Crippen LogP contribution >= 0.6 is 27.5 Å². The van der Waals surface area contributed by atoms with E-state index in [2.05, 4.69) is 15.9 Å². The van der Waals surface area contributed by atoms with Crippen molar-refractivity contribution in [1.29, 1.82) is 0 Å². The molecule has 1 heterocycles. The molecule has 19 heavy (non-hydrogen) atoms. The Morgan fingerprint density at radius 2 is 2.26 bits per heavy atom. The number of aromatic carboxylic acids is 1. The summed E-state index contributed by atoms with van der Waals surface area (Å²) in [4.78, 5) is 24.3. The van der Waals surface area contributed by atoms with Gasteiger partial charge < -0.3 is 10.0 Å². The molecule has 1 aromatic carbocycles. The van der Waals surface area contributed by atoms with Gasteiger partial charge in [0.1, 0.15) is 11.4 Å². The second-order valence-electron chi connectivity index (χ2n) is 4.29. The lowest BCUT2D eigenvalue weighted by Crippen LogP contribution is -2.28. The van der Waals surface area contributed by atoms with Crippen LogP contribution in [0.1, 0.15) is 16.8 Å². The molecule has 4 nitrogen and oxygen atoms in total. The van der Waals surface area contributed by atoms with Crippen molar-refractivity contribution in [2.24, 2.45) is 5.92 Å². The smallest absolute Gasteiger partial charge is 0.339 e. The summed E-state index contributed by atoms with van der Waals surface area (Å²) in [5.41, 5.74) is -0.442. The Hall–Kier alpha value is -1.14. The number of hydrogen-bond acceptors (Lipinski definition) is 2.